The molecule has 0 radical (unpaired) electrons. The van der Waals surface area contributed by atoms with E-state index in [9.17, 15) is 44.6 Å². The van der Waals surface area contributed by atoms with E-state index in [0.717, 1.165) is 83.5 Å². The molecule has 0 aromatic rings. The predicted octanol–water partition coefficient (Wildman–Crippen LogP) is 9.50. The first-order valence-electron chi connectivity index (χ1n) is 23.7. The van der Waals surface area contributed by atoms with Gasteiger partial charge in [-0.1, -0.05) is 151 Å². The lowest BCUT2D eigenvalue weighted by Gasteiger charge is -2.41. The number of aliphatic hydroxyl groups excluding tert-OH is 5. The molecule has 63 heavy (non-hydrogen) atoms. The molecule has 6 unspecified atom stereocenters. The fourth-order valence-corrected chi connectivity index (χ4v) is 7.68. The lowest BCUT2D eigenvalue weighted by molar-refractivity contribution is -0.220. The molecule has 14 heteroatoms. The number of esters is 2. The van der Waals surface area contributed by atoms with E-state index in [1.54, 1.807) is 0 Å². The SMILES string of the molecule is CC/C=C/C/C=C/C/C=C/C/C=C/C/C=C/CCCCCC(=O)O[C@H](COC(=O)CCCCCCCCCCC/C=C/CCCC)COP(=O)(O)OC1C(O)C(O)C(O)[C@@H](O)C1O. The molecule has 0 aliphatic heterocycles. The maximum Gasteiger partial charge on any atom is 0.472 e. The number of aliphatic hydroxyl groups is 5. The minimum Gasteiger partial charge on any atom is -0.462 e. The van der Waals surface area contributed by atoms with Crippen molar-refractivity contribution in [1.29, 1.82) is 0 Å². The summed E-state index contributed by atoms with van der Waals surface area (Å²) >= 11 is 0. The van der Waals surface area contributed by atoms with Gasteiger partial charge in [0, 0.05) is 12.8 Å². The molecule has 8 atom stereocenters. The van der Waals surface area contributed by atoms with Gasteiger partial charge in [0.1, 0.15) is 43.2 Å². The molecule has 1 aliphatic carbocycles. The number of carbonyl (C=O) groups excluding carboxylic acids is 2. The smallest absolute Gasteiger partial charge is 0.462 e. The van der Waals surface area contributed by atoms with Crippen LogP contribution in [0.3, 0.4) is 0 Å². The molecule has 1 fully saturated rings. The third kappa shape index (κ3) is 31.0. The van der Waals surface area contributed by atoms with E-state index >= 15 is 0 Å². The minimum atomic E-state index is -5.13. The highest BCUT2D eigenvalue weighted by Crippen LogP contribution is 2.47. The van der Waals surface area contributed by atoms with Crippen LogP contribution >= 0.6 is 7.82 Å². The Morgan fingerprint density at radius 1 is 0.508 bits per heavy atom. The molecule has 0 heterocycles. The van der Waals surface area contributed by atoms with Crippen LogP contribution in [0.4, 0.5) is 0 Å². The Balaban J connectivity index is 2.48. The largest absolute Gasteiger partial charge is 0.472 e. The molecule has 0 aromatic carbocycles. The molecule has 0 aromatic heterocycles. The van der Waals surface area contributed by atoms with Gasteiger partial charge in [-0.2, -0.15) is 0 Å². The van der Waals surface area contributed by atoms with Crippen molar-refractivity contribution in [3.63, 3.8) is 0 Å². The Morgan fingerprint density at radius 2 is 0.905 bits per heavy atom. The minimum absolute atomic E-state index is 0.0540. The van der Waals surface area contributed by atoms with Gasteiger partial charge < -0.3 is 39.9 Å². The summed E-state index contributed by atoms with van der Waals surface area (Å²) < 4.78 is 33.5. The topological polar surface area (TPSA) is 210 Å². The van der Waals surface area contributed by atoms with Crippen LogP contribution < -0.4 is 0 Å². The van der Waals surface area contributed by atoms with Crippen molar-refractivity contribution >= 4 is 19.8 Å². The second kappa shape index (κ2) is 38.5. The summed E-state index contributed by atoms with van der Waals surface area (Å²) in [7, 11) is -5.13. The van der Waals surface area contributed by atoms with E-state index in [1.165, 1.54) is 44.9 Å². The Labute approximate surface area is 378 Å². The number of phosphoric ester groups is 1. The molecule has 13 nitrogen and oxygen atoms in total. The van der Waals surface area contributed by atoms with Crippen LogP contribution in [0.25, 0.3) is 0 Å². The van der Waals surface area contributed by atoms with E-state index in [4.69, 9.17) is 18.5 Å². The Morgan fingerprint density at radius 3 is 1.41 bits per heavy atom. The van der Waals surface area contributed by atoms with Gasteiger partial charge >= 0.3 is 19.8 Å². The quantitative estimate of drug-likeness (QED) is 0.0148. The van der Waals surface area contributed by atoms with Crippen LogP contribution in [-0.2, 0) is 32.7 Å². The number of phosphoric acid groups is 1. The number of unbranched alkanes of at least 4 members (excludes halogenated alkanes) is 14. The summed E-state index contributed by atoms with van der Waals surface area (Å²) in [6, 6.07) is 0. The van der Waals surface area contributed by atoms with Crippen molar-refractivity contribution in [1.82, 2.24) is 0 Å². The molecule has 0 spiro atoms. The van der Waals surface area contributed by atoms with Gasteiger partial charge in [0.15, 0.2) is 6.10 Å². The Bertz CT molecular complexity index is 1380. The Kier molecular flexibility index (Phi) is 35.7. The molecule has 1 saturated carbocycles. The normalized spacial score (nSPS) is 22.3. The average molecular weight is 911 g/mol. The lowest BCUT2D eigenvalue weighted by Crippen LogP contribution is -2.64. The highest BCUT2D eigenvalue weighted by atomic mass is 31.2. The predicted molar refractivity (Wildman–Crippen MR) is 249 cm³/mol. The molecule has 0 saturated heterocycles. The summed E-state index contributed by atoms with van der Waals surface area (Å²) in [4.78, 5) is 35.7. The fourth-order valence-electron chi connectivity index (χ4n) is 6.71. The number of carbonyl (C=O) groups is 2. The van der Waals surface area contributed by atoms with Crippen molar-refractivity contribution in [2.45, 2.75) is 211 Å². The first-order chi connectivity index (χ1) is 30.4. The van der Waals surface area contributed by atoms with Gasteiger partial charge in [0.2, 0.25) is 0 Å². The number of hydrogen-bond acceptors (Lipinski definition) is 12. The van der Waals surface area contributed by atoms with Crippen molar-refractivity contribution in [2.75, 3.05) is 13.2 Å². The number of allylic oxidation sites excluding steroid dienone is 12. The standard InChI is InChI=1S/C49H83O13P/c1-3-5-7-9-11-13-15-17-19-20-21-22-24-26-28-30-32-34-36-38-43(51)61-41(40-60-63(57,58)62-49-47(55)45(53)44(52)46(54)48(49)56)39-59-42(50)37-35-33-31-29-27-25-23-18-16-14-12-10-8-6-4-2/h5,7,10-13,17,19,21-22,26,28,41,44-49,52-56H,3-4,6,8-9,14-16,18,20,23-25,27,29-40H2,1-2H3,(H,57,58)/b7-5+,12-10+,13-11+,19-17+,22-21+,28-26+/t41-,44?,45-,46?,47?,48?,49?/m1/s1. The zero-order chi connectivity index (χ0) is 46.4. The molecule has 0 amide bonds. The molecule has 6 N–H and O–H groups in total. The van der Waals surface area contributed by atoms with Crippen LogP contribution in [0.15, 0.2) is 72.9 Å². The highest BCUT2D eigenvalue weighted by molar-refractivity contribution is 7.47. The number of hydrogen-bond donors (Lipinski definition) is 6. The number of rotatable bonds is 38. The molecule has 1 rings (SSSR count). The maximum atomic E-state index is 12.8. The summed E-state index contributed by atoms with van der Waals surface area (Å²) in [5, 5.41) is 50.2. The summed E-state index contributed by atoms with van der Waals surface area (Å²) in [6.07, 6.45) is 35.2. The second-order valence-electron chi connectivity index (χ2n) is 16.2. The van der Waals surface area contributed by atoms with Crippen LogP contribution in [0.1, 0.15) is 168 Å². The first kappa shape index (κ1) is 58.3. The van der Waals surface area contributed by atoms with Crippen LogP contribution in [0.5, 0.6) is 0 Å². The molecule has 362 valence electrons. The number of ether oxygens (including phenoxy) is 2. The van der Waals surface area contributed by atoms with Gasteiger partial charge in [-0.15, -0.1) is 0 Å². The average Bonchev–Trinajstić information content (AvgIpc) is 3.26. The van der Waals surface area contributed by atoms with Crippen LogP contribution in [-0.4, -0.2) is 98.3 Å². The molecular formula is C49H83O13P. The van der Waals surface area contributed by atoms with Crippen molar-refractivity contribution in [3.8, 4) is 0 Å². The van der Waals surface area contributed by atoms with Gasteiger partial charge in [-0.05, 0) is 77.0 Å². The summed E-state index contributed by atoms with van der Waals surface area (Å²) in [5.41, 5.74) is 0. The Hall–Kier alpha value is -2.71. The highest BCUT2D eigenvalue weighted by Gasteiger charge is 2.51. The third-order valence-electron chi connectivity index (χ3n) is 10.5. The van der Waals surface area contributed by atoms with Crippen LogP contribution in [0, 0.1) is 0 Å². The molecule has 0 bridgehead atoms. The van der Waals surface area contributed by atoms with Crippen molar-refractivity contribution in [2.24, 2.45) is 0 Å². The summed E-state index contributed by atoms with van der Waals surface area (Å²) in [5.74, 6) is -1.14. The lowest BCUT2D eigenvalue weighted by atomic mass is 9.85. The van der Waals surface area contributed by atoms with Gasteiger partial charge in [-0.25, -0.2) is 4.57 Å². The second-order valence-corrected chi connectivity index (χ2v) is 17.6. The van der Waals surface area contributed by atoms with Crippen LogP contribution in [0.2, 0.25) is 0 Å². The van der Waals surface area contributed by atoms with Gasteiger partial charge in [0.25, 0.3) is 0 Å². The van der Waals surface area contributed by atoms with E-state index in [0.29, 0.717) is 12.8 Å². The zero-order valence-corrected chi connectivity index (χ0v) is 39.2. The fraction of sp³-hybridized carbons (Fsp3) is 0.714. The van der Waals surface area contributed by atoms with E-state index in [1.807, 2.05) is 0 Å². The third-order valence-corrected chi connectivity index (χ3v) is 11.5. The van der Waals surface area contributed by atoms with E-state index in [2.05, 4.69) is 86.8 Å². The van der Waals surface area contributed by atoms with E-state index in [-0.39, 0.29) is 12.8 Å². The maximum absolute atomic E-state index is 12.8. The van der Waals surface area contributed by atoms with Crippen molar-refractivity contribution in [3.05, 3.63) is 72.9 Å². The van der Waals surface area contributed by atoms with E-state index < -0.39 is 75.7 Å². The van der Waals surface area contributed by atoms with Gasteiger partial charge in [0.05, 0.1) is 6.61 Å². The monoisotopic (exact) mass is 911 g/mol. The zero-order valence-electron chi connectivity index (χ0n) is 38.3. The molecule has 1 aliphatic rings. The molecular weight excluding hydrogens is 828 g/mol. The van der Waals surface area contributed by atoms with Crippen molar-refractivity contribution < 1.29 is 63.1 Å². The summed E-state index contributed by atoms with van der Waals surface area (Å²) in [6.45, 7) is 3.12. The van der Waals surface area contributed by atoms with Gasteiger partial charge in [-0.3, -0.25) is 18.6 Å². The first-order valence-corrected chi connectivity index (χ1v) is 25.2.